The van der Waals surface area contributed by atoms with E-state index in [9.17, 15) is 4.79 Å². The zero-order chi connectivity index (χ0) is 19.8. The summed E-state index contributed by atoms with van der Waals surface area (Å²) in [5.74, 6) is 1.22. The first kappa shape index (κ1) is 17.5. The van der Waals surface area contributed by atoms with Gasteiger partial charge in [-0.1, -0.05) is 11.2 Å². The van der Waals surface area contributed by atoms with Gasteiger partial charge in [0.1, 0.15) is 23.4 Å². The Morgan fingerprint density at radius 1 is 1.14 bits per heavy atom. The van der Waals surface area contributed by atoms with E-state index in [1.54, 1.807) is 25.5 Å². The Labute approximate surface area is 166 Å². The van der Waals surface area contributed by atoms with Crippen molar-refractivity contribution >= 4 is 16.9 Å². The van der Waals surface area contributed by atoms with E-state index in [0.717, 1.165) is 42.6 Å². The summed E-state index contributed by atoms with van der Waals surface area (Å²) in [5, 5.41) is 4.89. The van der Waals surface area contributed by atoms with Crippen LogP contribution in [0.5, 0.6) is 5.75 Å². The molecular weight excluding hydrogens is 370 g/mol. The van der Waals surface area contributed by atoms with Crippen LogP contribution in [0.25, 0.3) is 33.8 Å². The van der Waals surface area contributed by atoms with Crippen LogP contribution < -0.4 is 4.74 Å². The number of amides is 1. The number of benzene rings is 2. The number of nitrogens with zero attached hydrogens (tertiary/aromatic N) is 3. The summed E-state index contributed by atoms with van der Waals surface area (Å²) in [6.07, 6.45) is 3.65. The summed E-state index contributed by atoms with van der Waals surface area (Å²) >= 11 is 0. The lowest BCUT2D eigenvalue weighted by Crippen LogP contribution is -2.27. The van der Waals surface area contributed by atoms with Gasteiger partial charge in [0, 0.05) is 24.2 Å². The van der Waals surface area contributed by atoms with Crippen LogP contribution in [0.4, 0.5) is 0 Å². The molecule has 0 unspecified atom stereocenters. The van der Waals surface area contributed by atoms with Crippen molar-refractivity contribution in [2.75, 3.05) is 20.2 Å². The fourth-order valence-electron chi connectivity index (χ4n) is 3.63. The lowest BCUT2D eigenvalue weighted by atomic mass is 10.1. The number of rotatable bonds is 4. The molecule has 146 valence electrons. The van der Waals surface area contributed by atoms with Crippen molar-refractivity contribution < 1.29 is 18.5 Å². The molecule has 1 aliphatic heterocycles. The Hall–Kier alpha value is -3.61. The maximum Gasteiger partial charge on any atom is 0.253 e. The van der Waals surface area contributed by atoms with Gasteiger partial charge in [0.15, 0.2) is 5.58 Å². The molecule has 1 aliphatic rings. The zero-order valence-corrected chi connectivity index (χ0v) is 15.9. The first-order valence-electron chi connectivity index (χ1n) is 9.52. The molecule has 0 spiro atoms. The lowest BCUT2D eigenvalue weighted by molar-refractivity contribution is 0.0793. The van der Waals surface area contributed by atoms with Gasteiger partial charge in [-0.2, -0.15) is 0 Å². The summed E-state index contributed by atoms with van der Waals surface area (Å²) in [7, 11) is 1.61. The average Bonchev–Trinajstić information content (AvgIpc) is 3.53. The number of hydrogen-bond acceptors (Lipinski definition) is 6. The molecule has 5 rings (SSSR count). The monoisotopic (exact) mass is 389 g/mol. The number of aromatic nitrogens is 2. The number of likely N-dealkylation sites (tertiary alicyclic amines) is 1. The maximum absolute atomic E-state index is 12.7. The van der Waals surface area contributed by atoms with E-state index in [1.807, 2.05) is 35.2 Å². The van der Waals surface area contributed by atoms with Crippen LogP contribution in [-0.4, -0.2) is 41.1 Å². The number of carbonyl (C=O) groups excluding carboxylic acids is 1. The zero-order valence-electron chi connectivity index (χ0n) is 15.9. The van der Waals surface area contributed by atoms with E-state index in [-0.39, 0.29) is 5.91 Å². The van der Waals surface area contributed by atoms with Crippen LogP contribution in [0.1, 0.15) is 23.2 Å². The summed E-state index contributed by atoms with van der Waals surface area (Å²) in [6.45, 7) is 1.61. The number of ether oxygens (including phenoxy) is 1. The van der Waals surface area contributed by atoms with E-state index in [4.69, 9.17) is 13.7 Å². The fraction of sp³-hybridized carbons (Fsp3) is 0.227. The molecule has 0 aliphatic carbocycles. The van der Waals surface area contributed by atoms with Crippen molar-refractivity contribution in [3.8, 4) is 28.6 Å². The lowest BCUT2D eigenvalue weighted by Gasteiger charge is -2.14. The first-order valence-corrected chi connectivity index (χ1v) is 9.52. The molecular formula is C22H19N3O4. The van der Waals surface area contributed by atoms with E-state index in [2.05, 4.69) is 10.1 Å². The number of fused-ring (bicyclic) bond motifs is 1. The van der Waals surface area contributed by atoms with E-state index in [1.165, 1.54) is 0 Å². The highest BCUT2D eigenvalue weighted by Crippen LogP contribution is 2.31. The predicted molar refractivity (Wildman–Crippen MR) is 107 cm³/mol. The second kappa shape index (κ2) is 7.09. The predicted octanol–water partition coefficient (Wildman–Crippen LogP) is 4.39. The van der Waals surface area contributed by atoms with Gasteiger partial charge in [0.05, 0.1) is 12.5 Å². The van der Waals surface area contributed by atoms with Crippen LogP contribution in [0, 0.1) is 0 Å². The van der Waals surface area contributed by atoms with E-state index in [0.29, 0.717) is 28.4 Å². The Bertz CT molecular complexity index is 1190. The molecule has 7 heteroatoms. The van der Waals surface area contributed by atoms with Gasteiger partial charge in [-0.15, -0.1) is 0 Å². The normalized spacial score (nSPS) is 13.9. The molecule has 0 bridgehead atoms. The Morgan fingerprint density at radius 3 is 2.83 bits per heavy atom. The Morgan fingerprint density at radius 2 is 2.00 bits per heavy atom. The standard InChI is InChI=1S/C22H19N3O4/c1-27-16-6-4-5-14(11-16)21-23-18(13-28-21)20-17-12-15(7-8-19(17)29-24-20)22(26)25-9-2-3-10-25/h4-8,11-13H,2-3,9-10H2,1H3. The minimum absolute atomic E-state index is 0.0359. The number of carbonyl (C=O) groups is 1. The maximum atomic E-state index is 12.7. The summed E-state index contributed by atoms with van der Waals surface area (Å²) < 4.78 is 16.4. The third kappa shape index (κ3) is 3.14. The Balaban J connectivity index is 1.51. The van der Waals surface area contributed by atoms with Gasteiger partial charge in [-0.05, 0) is 49.2 Å². The third-order valence-corrected chi connectivity index (χ3v) is 5.17. The highest BCUT2D eigenvalue weighted by atomic mass is 16.5. The van der Waals surface area contributed by atoms with E-state index >= 15 is 0 Å². The second-order valence-corrected chi connectivity index (χ2v) is 7.01. The quantitative estimate of drug-likeness (QED) is 0.515. The third-order valence-electron chi connectivity index (χ3n) is 5.17. The van der Waals surface area contributed by atoms with Gasteiger partial charge >= 0.3 is 0 Å². The van der Waals surface area contributed by atoms with Gasteiger partial charge in [0.25, 0.3) is 5.91 Å². The van der Waals surface area contributed by atoms with Gasteiger partial charge in [-0.3, -0.25) is 4.79 Å². The molecule has 29 heavy (non-hydrogen) atoms. The molecule has 2 aromatic carbocycles. The van der Waals surface area contributed by atoms with Crippen molar-refractivity contribution in [1.82, 2.24) is 15.0 Å². The van der Waals surface area contributed by atoms with Crippen LogP contribution in [0.15, 0.2) is 57.7 Å². The van der Waals surface area contributed by atoms with Crippen LogP contribution in [0.2, 0.25) is 0 Å². The van der Waals surface area contributed by atoms with Crippen LogP contribution in [0.3, 0.4) is 0 Å². The van der Waals surface area contributed by atoms with Crippen molar-refractivity contribution in [2.24, 2.45) is 0 Å². The molecule has 2 aromatic heterocycles. The minimum Gasteiger partial charge on any atom is -0.497 e. The highest BCUT2D eigenvalue weighted by Gasteiger charge is 2.22. The molecule has 1 amide bonds. The number of hydrogen-bond donors (Lipinski definition) is 0. The smallest absolute Gasteiger partial charge is 0.253 e. The fourth-order valence-corrected chi connectivity index (χ4v) is 3.63. The van der Waals surface area contributed by atoms with Crippen LogP contribution in [-0.2, 0) is 0 Å². The van der Waals surface area contributed by atoms with Gasteiger partial charge in [-0.25, -0.2) is 4.98 Å². The summed E-state index contributed by atoms with van der Waals surface area (Å²) in [6, 6.07) is 12.9. The summed E-state index contributed by atoms with van der Waals surface area (Å²) in [4.78, 5) is 19.2. The SMILES string of the molecule is COc1cccc(-c2nc(-c3noc4ccc(C(=O)N5CCCC5)cc34)co2)c1. The first-order chi connectivity index (χ1) is 14.2. The summed E-state index contributed by atoms with van der Waals surface area (Å²) in [5.41, 5.74) is 3.12. The molecule has 0 saturated carbocycles. The molecule has 0 atom stereocenters. The van der Waals surface area contributed by atoms with Crippen molar-refractivity contribution in [3.63, 3.8) is 0 Å². The molecule has 1 fully saturated rings. The molecule has 3 heterocycles. The molecule has 7 nitrogen and oxygen atoms in total. The highest BCUT2D eigenvalue weighted by molar-refractivity contribution is 6.00. The molecule has 0 N–H and O–H groups in total. The van der Waals surface area contributed by atoms with Crippen molar-refractivity contribution in [1.29, 1.82) is 0 Å². The number of oxazole rings is 1. The molecule has 0 radical (unpaired) electrons. The van der Waals surface area contributed by atoms with Crippen molar-refractivity contribution in [3.05, 3.63) is 54.3 Å². The topological polar surface area (TPSA) is 81.6 Å². The largest absolute Gasteiger partial charge is 0.497 e. The number of methoxy groups -OCH3 is 1. The Kier molecular flexibility index (Phi) is 4.27. The van der Waals surface area contributed by atoms with Crippen LogP contribution >= 0.6 is 0 Å². The minimum atomic E-state index is 0.0359. The molecule has 4 aromatic rings. The van der Waals surface area contributed by atoms with Crippen molar-refractivity contribution in [2.45, 2.75) is 12.8 Å². The van der Waals surface area contributed by atoms with Gasteiger partial charge in [0.2, 0.25) is 5.89 Å². The van der Waals surface area contributed by atoms with E-state index < -0.39 is 0 Å². The van der Waals surface area contributed by atoms with Gasteiger partial charge < -0.3 is 18.6 Å². The second-order valence-electron chi connectivity index (χ2n) is 7.01. The average molecular weight is 389 g/mol. The molecule has 1 saturated heterocycles.